The van der Waals surface area contributed by atoms with E-state index in [1.165, 1.54) is 12.8 Å². The monoisotopic (exact) mass is 442 g/mol. The van der Waals surface area contributed by atoms with Crippen LogP contribution in [-0.2, 0) is 7.05 Å². The van der Waals surface area contributed by atoms with Crippen LogP contribution >= 0.6 is 0 Å². The van der Waals surface area contributed by atoms with Crippen LogP contribution in [0.4, 0.5) is 5.82 Å². The maximum atomic E-state index is 12.6. The number of aryl methyl sites for hydroxylation is 1. The lowest BCUT2D eigenvalue weighted by Crippen LogP contribution is -2.38. The molecule has 6 rings (SSSR count). The lowest BCUT2D eigenvalue weighted by molar-refractivity contribution is 0.101. The van der Waals surface area contributed by atoms with Gasteiger partial charge in [0.05, 0.1) is 23.1 Å². The summed E-state index contributed by atoms with van der Waals surface area (Å²) >= 11 is 0. The number of nitrogens with one attached hydrogen (secondary N) is 1. The third-order valence-corrected chi connectivity index (χ3v) is 6.97. The molecule has 2 bridgehead atoms. The molecule has 4 aromatic heterocycles. The molecule has 2 fully saturated rings. The molecule has 0 saturated carbocycles. The Morgan fingerprint density at radius 3 is 2.55 bits per heavy atom. The first-order chi connectivity index (χ1) is 16.0. The van der Waals surface area contributed by atoms with Crippen LogP contribution in [0.15, 0.2) is 36.8 Å². The van der Waals surface area contributed by atoms with Crippen molar-refractivity contribution in [1.82, 2.24) is 34.7 Å². The summed E-state index contributed by atoms with van der Waals surface area (Å²) in [4.78, 5) is 22.2. The van der Waals surface area contributed by atoms with Crippen molar-refractivity contribution in [3.8, 4) is 22.5 Å². The highest BCUT2D eigenvalue weighted by molar-refractivity contribution is 6.00. The molecule has 6 heterocycles. The van der Waals surface area contributed by atoms with Gasteiger partial charge in [0.25, 0.3) is 0 Å². The molecular weight excluding hydrogens is 416 g/mol. The molecule has 0 aromatic carbocycles. The number of piperidine rings is 1. The molecule has 2 aliphatic rings. The van der Waals surface area contributed by atoms with E-state index in [9.17, 15) is 4.79 Å². The average Bonchev–Trinajstić information content (AvgIpc) is 3.52. The summed E-state index contributed by atoms with van der Waals surface area (Å²) in [6.07, 6.45) is 9.76. The minimum atomic E-state index is -0.0683. The molecular formula is C24H26N8O. The van der Waals surface area contributed by atoms with Gasteiger partial charge in [0.15, 0.2) is 11.4 Å². The van der Waals surface area contributed by atoms with E-state index in [1.54, 1.807) is 22.3 Å². The Morgan fingerprint density at radius 2 is 1.91 bits per heavy atom. The zero-order valence-corrected chi connectivity index (χ0v) is 18.7. The highest BCUT2D eigenvalue weighted by Crippen LogP contribution is 2.40. The largest absolute Gasteiger partial charge is 0.383 e. The van der Waals surface area contributed by atoms with Gasteiger partial charge in [-0.05, 0) is 44.7 Å². The topological polar surface area (TPSA) is 116 Å². The molecule has 2 saturated heterocycles. The number of carbonyl (C=O) groups is 1. The SMILES string of the molecule is CC(=O)c1c(C2CC3CCC(C2)N3)nc2c(-c3ccc(-c4ccn(C)n4)nc3)cnn2c1N. The highest BCUT2D eigenvalue weighted by atomic mass is 16.1. The number of hydrogen-bond acceptors (Lipinski definition) is 7. The molecule has 168 valence electrons. The van der Waals surface area contributed by atoms with E-state index in [0.29, 0.717) is 29.1 Å². The van der Waals surface area contributed by atoms with Crippen molar-refractivity contribution in [2.24, 2.45) is 7.05 Å². The molecule has 9 heteroatoms. The minimum absolute atomic E-state index is 0.0683. The maximum absolute atomic E-state index is 12.6. The van der Waals surface area contributed by atoms with Gasteiger partial charge in [-0.2, -0.15) is 14.7 Å². The van der Waals surface area contributed by atoms with E-state index >= 15 is 0 Å². The minimum Gasteiger partial charge on any atom is -0.383 e. The second kappa shape index (κ2) is 7.48. The van der Waals surface area contributed by atoms with Crippen molar-refractivity contribution in [2.75, 3.05) is 5.73 Å². The Labute approximate surface area is 191 Å². The van der Waals surface area contributed by atoms with Gasteiger partial charge in [-0.3, -0.25) is 14.5 Å². The Morgan fingerprint density at radius 1 is 1.12 bits per heavy atom. The van der Waals surface area contributed by atoms with Crippen LogP contribution in [0.5, 0.6) is 0 Å². The van der Waals surface area contributed by atoms with Crippen molar-refractivity contribution >= 4 is 17.2 Å². The van der Waals surface area contributed by atoms with Crippen molar-refractivity contribution in [2.45, 2.75) is 50.6 Å². The number of pyridine rings is 1. The predicted molar refractivity (Wildman–Crippen MR) is 125 cm³/mol. The van der Waals surface area contributed by atoms with Crippen LogP contribution < -0.4 is 11.1 Å². The zero-order chi connectivity index (χ0) is 22.7. The van der Waals surface area contributed by atoms with E-state index in [-0.39, 0.29) is 11.7 Å². The molecule has 4 aromatic rings. The molecule has 2 unspecified atom stereocenters. The standard InChI is InChI=1S/C24H26N8O/c1-13(33)21-22(15-9-16-4-5-17(10-15)28-16)29-24-18(12-27-32(24)23(21)25)14-3-6-19(26-11-14)20-7-8-31(2)30-20/h3,6-8,11-12,15-17,28H,4-5,9-10,25H2,1-2H3. The lowest BCUT2D eigenvalue weighted by Gasteiger charge is -2.30. The van der Waals surface area contributed by atoms with Crippen molar-refractivity contribution in [3.05, 3.63) is 48.0 Å². The third-order valence-electron chi connectivity index (χ3n) is 6.97. The Hall–Kier alpha value is -3.59. The van der Waals surface area contributed by atoms with Crippen LogP contribution in [0.25, 0.3) is 28.2 Å². The lowest BCUT2D eigenvalue weighted by atomic mass is 9.86. The van der Waals surface area contributed by atoms with E-state index in [1.807, 2.05) is 37.6 Å². The molecule has 0 amide bonds. The van der Waals surface area contributed by atoms with Gasteiger partial charge in [0, 0.05) is 48.6 Å². The number of fused-ring (bicyclic) bond motifs is 3. The quantitative estimate of drug-likeness (QED) is 0.467. The number of nitrogen functional groups attached to an aromatic ring is 1. The number of ketones is 1. The molecule has 33 heavy (non-hydrogen) atoms. The normalized spacial score (nSPS) is 22.2. The number of nitrogens with two attached hydrogens (primary N) is 1. The van der Waals surface area contributed by atoms with Gasteiger partial charge in [0.2, 0.25) is 0 Å². The summed E-state index contributed by atoms with van der Waals surface area (Å²) in [5.41, 5.74) is 11.8. The Bertz CT molecular complexity index is 1360. The number of carbonyl (C=O) groups excluding carboxylic acids is 1. The second-order valence-corrected chi connectivity index (χ2v) is 9.22. The van der Waals surface area contributed by atoms with Crippen LogP contribution in [0.3, 0.4) is 0 Å². The summed E-state index contributed by atoms with van der Waals surface area (Å²) in [5, 5.41) is 12.6. The first kappa shape index (κ1) is 20.0. The number of rotatable bonds is 4. The Balaban J connectivity index is 1.45. The van der Waals surface area contributed by atoms with Crippen LogP contribution in [-0.4, -0.2) is 47.2 Å². The summed E-state index contributed by atoms with van der Waals surface area (Å²) in [7, 11) is 1.88. The number of Topliss-reactive ketones (excluding diaryl/α,β-unsaturated/α-hetero) is 1. The van der Waals surface area contributed by atoms with E-state index in [4.69, 9.17) is 10.7 Å². The summed E-state index contributed by atoms with van der Waals surface area (Å²) in [5.74, 6) is 0.501. The average molecular weight is 443 g/mol. The van der Waals surface area contributed by atoms with Crippen LogP contribution in [0.2, 0.25) is 0 Å². The van der Waals surface area contributed by atoms with E-state index in [2.05, 4.69) is 20.5 Å². The molecule has 0 aliphatic carbocycles. The molecule has 3 N–H and O–H groups in total. The molecule has 0 spiro atoms. The number of nitrogens with zero attached hydrogens (tertiary/aromatic N) is 6. The van der Waals surface area contributed by atoms with Gasteiger partial charge < -0.3 is 11.1 Å². The molecule has 2 aliphatic heterocycles. The van der Waals surface area contributed by atoms with Gasteiger partial charge >= 0.3 is 0 Å². The third kappa shape index (κ3) is 3.31. The molecule has 2 atom stereocenters. The van der Waals surface area contributed by atoms with E-state index in [0.717, 1.165) is 41.1 Å². The van der Waals surface area contributed by atoms with Crippen LogP contribution in [0, 0.1) is 0 Å². The van der Waals surface area contributed by atoms with Gasteiger partial charge in [0.1, 0.15) is 11.5 Å². The first-order valence-electron chi connectivity index (χ1n) is 11.4. The zero-order valence-electron chi connectivity index (χ0n) is 18.7. The van der Waals surface area contributed by atoms with Gasteiger partial charge in [-0.25, -0.2) is 4.98 Å². The van der Waals surface area contributed by atoms with Crippen molar-refractivity contribution in [3.63, 3.8) is 0 Å². The number of aromatic nitrogens is 6. The molecule has 0 radical (unpaired) electrons. The highest BCUT2D eigenvalue weighted by Gasteiger charge is 2.37. The summed E-state index contributed by atoms with van der Waals surface area (Å²) in [6, 6.07) is 6.84. The molecule has 9 nitrogen and oxygen atoms in total. The van der Waals surface area contributed by atoms with Crippen molar-refractivity contribution < 1.29 is 4.79 Å². The second-order valence-electron chi connectivity index (χ2n) is 9.22. The number of hydrogen-bond donors (Lipinski definition) is 2. The fraction of sp³-hybridized carbons (Fsp3) is 0.375. The fourth-order valence-electron chi connectivity index (χ4n) is 5.43. The smallest absolute Gasteiger partial charge is 0.165 e. The van der Waals surface area contributed by atoms with Crippen molar-refractivity contribution in [1.29, 1.82) is 0 Å². The first-order valence-corrected chi connectivity index (χ1v) is 11.4. The summed E-state index contributed by atoms with van der Waals surface area (Å²) in [6.45, 7) is 1.56. The van der Waals surface area contributed by atoms with Gasteiger partial charge in [-0.15, -0.1) is 0 Å². The van der Waals surface area contributed by atoms with Crippen LogP contribution in [0.1, 0.15) is 54.6 Å². The fourth-order valence-corrected chi connectivity index (χ4v) is 5.43. The van der Waals surface area contributed by atoms with Gasteiger partial charge in [-0.1, -0.05) is 6.07 Å². The summed E-state index contributed by atoms with van der Waals surface area (Å²) < 4.78 is 3.34. The predicted octanol–water partition coefficient (Wildman–Crippen LogP) is 2.97. The maximum Gasteiger partial charge on any atom is 0.165 e. The Kier molecular flexibility index (Phi) is 4.55. The number of anilines is 1. The van der Waals surface area contributed by atoms with E-state index < -0.39 is 0 Å².